The summed E-state index contributed by atoms with van der Waals surface area (Å²) in [6.07, 6.45) is 3.02. The normalized spacial score (nSPS) is 15.4. The zero-order valence-electron chi connectivity index (χ0n) is 29.5. The van der Waals surface area contributed by atoms with Crippen molar-refractivity contribution in [3.8, 4) is 0 Å². The van der Waals surface area contributed by atoms with Gasteiger partial charge in [0, 0.05) is 47.3 Å². The Hall–Kier alpha value is -4.36. The molecule has 0 fully saturated rings. The lowest BCUT2D eigenvalue weighted by atomic mass is 9.95. The molecular formula is C36H52Cl2N12. The van der Waals surface area contributed by atoms with Crippen LogP contribution >= 0.6 is 23.2 Å². The lowest BCUT2D eigenvalue weighted by Gasteiger charge is -2.30. The number of rotatable bonds is 14. The van der Waals surface area contributed by atoms with Crippen molar-refractivity contribution in [2.75, 3.05) is 13.1 Å². The van der Waals surface area contributed by atoms with Gasteiger partial charge in [0.05, 0.1) is 11.4 Å². The highest BCUT2D eigenvalue weighted by Crippen LogP contribution is 2.19. The van der Waals surface area contributed by atoms with E-state index in [1.165, 1.54) is 0 Å². The van der Waals surface area contributed by atoms with Crippen LogP contribution in [-0.2, 0) is 13.1 Å². The molecule has 0 aromatic heterocycles. The topological polar surface area (TPSA) is 212 Å². The Labute approximate surface area is 306 Å². The molecule has 2 unspecified atom stereocenters. The molecule has 3 rings (SSSR count). The van der Waals surface area contributed by atoms with Crippen molar-refractivity contribution in [3.63, 3.8) is 0 Å². The maximum Gasteiger partial charge on any atom is 0.223 e. The number of hydrogen-bond acceptors (Lipinski definition) is 4. The Balaban J connectivity index is 1.82. The number of halogens is 2. The number of benzene rings is 3. The minimum absolute atomic E-state index is 0.0333. The highest BCUT2D eigenvalue weighted by molar-refractivity contribution is 6.30. The van der Waals surface area contributed by atoms with Crippen LogP contribution in [0.1, 0.15) is 64.5 Å². The first-order chi connectivity index (χ1) is 23.6. The lowest BCUT2D eigenvalue weighted by molar-refractivity contribution is 0.324. The monoisotopic (exact) mass is 722 g/mol. The Morgan fingerprint density at radius 1 is 0.580 bits per heavy atom. The van der Waals surface area contributed by atoms with E-state index in [0.29, 0.717) is 60.4 Å². The highest BCUT2D eigenvalue weighted by Gasteiger charge is 2.21. The molecule has 14 heteroatoms. The van der Waals surface area contributed by atoms with Crippen LogP contribution in [0.5, 0.6) is 0 Å². The first kappa shape index (κ1) is 40.1. The predicted octanol–water partition coefficient (Wildman–Crippen LogP) is 5.55. The van der Waals surface area contributed by atoms with E-state index in [9.17, 15) is 0 Å². The van der Waals surface area contributed by atoms with E-state index in [1.54, 1.807) is 48.5 Å². The summed E-state index contributed by atoms with van der Waals surface area (Å²) in [6, 6.07) is 22.1. The summed E-state index contributed by atoms with van der Waals surface area (Å²) < 4.78 is 0. The van der Waals surface area contributed by atoms with Gasteiger partial charge < -0.3 is 44.2 Å². The predicted molar refractivity (Wildman–Crippen MR) is 211 cm³/mol. The standard InChI is InChI=1S/C36H52Cl2N12/c1-5-35(3,43)19-21-49(33(41)47-31(39)45-29-15-11-27(37)12-16-29)23-25-7-9-26(10-8-25)24-50(22-20-36(4,44)6-2)34(42)48-32(40)46-30-17-13-28(38)14-18-30/h7-18H,5-6,19-24,43-44H2,1-4H3,(H4,39,41,45,47)(H4,40,42,46,48). The van der Waals surface area contributed by atoms with Crippen LogP contribution in [0, 0.1) is 0 Å². The number of hydrogen-bond donors (Lipinski definition) is 6. The maximum absolute atomic E-state index is 6.50. The van der Waals surface area contributed by atoms with Crippen LogP contribution in [0.3, 0.4) is 0 Å². The summed E-state index contributed by atoms with van der Waals surface area (Å²) in [5.74, 6) is 0.548. The molecule has 270 valence electrons. The lowest BCUT2D eigenvalue weighted by Crippen LogP contribution is -2.44. The second kappa shape index (κ2) is 18.6. The van der Waals surface area contributed by atoms with Gasteiger partial charge in [0.25, 0.3) is 0 Å². The molecule has 0 saturated carbocycles. The van der Waals surface area contributed by atoms with Gasteiger partial charge in [-0.05, 0) is 99.2 Å². The van der Waals surface area contributed by atoms with Crippen molar-refractivity contribution in [2.45, 2.75) is 77.5 Å². The van der Waals surface area contributed by atoms with Crippen LogP contribution in [0.25, 0.3) is 0 Å². The fourth-order valence-corrected chi connectivity index (χ4v) is 4.85. The quantitative estimate of drug-likeness (QED) is 0.0914. The van der Waals surface area contributed by atoms with E-state index >= 15 is 0 Å². The van der Waals surface area contributed by atoms with Crippen molar-refractivity contribution in [2.24, 2.45) is 54.4 Å². The van der Waals surface area contributed by atoms with Gasteiger partial charge in [0.2, 0.25) is 11.9 Å². The van der Waals surface area contributed by atoms with E-state index in [-0.39, 0.29) is 34.9 Å². The van der Waals surface area contributed by atoms with Crippen molar-refractivity contribution in [1.29, 1.82) is 0 Å². The SMILES string of the molecule is CCC(C)(N)CCN(Cc1ccc(CN(CCC(C)(N)CC)/C(N)=N/C(N)=Nc2ccc(Cl)cc2)cc1)/C(N)=N/C(N)=Nc1ccc(Cl)cc1. The second-order valence-corrected chi connectivity index (χ2v) is 13.9. The van der Waals surface area contributed by atoms with Gasteiger partial charge in [-0.1, -0.05) is 61.3 Å². The van der Waals surface area contributed by atoms with E-state index < -0.39 is 0 Å². The maximum atomic E-state index is 6.50. The molecule has 0 amide bonds. The third-order valence-corrected chi connectivity index (χ3v) is 9.04. The van der Waals surface area contributed by atoms with Gasteiger partial charge >= 0.3 is 0 Å². The zero-order chi connectivity index (χ0) is 36.9. The van der Waals surface area contributed by atoms with Crippen LogP contribution in [0.4, 0.5) is 11.4 Å². The van der Waals surface area contributed by atoms with E-state index in [2.05, 4.69) is 33.8 Å². The molecule has 3 aromatic carbocycles. The Bertz CT molecular complexity index is 1510. The molecule has 0 bridgehead atoms. The molecule has 0 spiro atoms. The third-order valence-electron chi connectivity index (χ3n) is 8.54. The molecule has 0 saturated heterocycles. The first-order valence-corrected chi connectivity index (χ1v) is 17.4. The summed E-state index contributed by atoms with van der Waals surface area (Å²) in [4.78, 5) is 21.4. The van der Waals surface area contributed by atoms with E-state index in [1.807, 2.05) is 47.9 Å². The van der Waals surface area contributed by atoms with Crippen LogP contribution in [0.2, 0.25) is 10.0 Å². The fraction of sp³-hybridized carbons (Fsp3) is 0.389. The average molecular weight is 724 g/mol. The smallest absolute Gasteiger partial charge is 0.223 e. The Morgan fingerprint density at radius 3 is 1.20 bits per heavy atom. The Morgan fingerprint density at radius 2 is 0.900 bits per heavy atom. The number of nitrogens with two attached hydrogens (primary N) is 6. The van der Waals surface area contributed by atoms with Gasteiger partial charge in [-0.3, -0.25) is 0 Å². The molecule has 0 aliphatic rings. The van der Waals surface area contributed by atoms with Crippen molar-refractivity contribution >= 4 is 58.4 Å². The molecule has 0 aliphatic carbocycles. The van der Waals surface area contributed by atoms with Gasteiger partial charge in [0.15, 0.2) is 11.9 Å². The van der Waals surface area contributed by atoms with Gasteiger partial charge in [-0.15, -0.1) is 0 Å². The molecular weight excluding hydrogens is 671 g/mol. The summed E-state index contributed by atoms with van der Waals surface area (Å²) in [6.45, 7) is 10.3. The van der Waals surface area contributed by atoms with Crippen molar-refractivity contribution in [1.82, 2.24) is 9.80 Å². The summed E-state index contributed by atoms with van der Waals surface area (Å²) in [5.41, 5.74) is 40.8. The van der Waals surface area contributed by atoms with Crippen molar-refractivity contribution < 1.29 is 0 Å². The molecule has 12 nitrogen and oxygen atoms in total. The molecule has 0 aliphatic heterocycles. The van der Waals surface area contributed by atoms with E-state index in [4.69, 9.17) is 57.6 Å². The van der Waals surface area contributed by atoms with Gasteiger partial charge in [0.1, 0.15) is 0 Å². The van der Waals surface area contributed by atoms with Crippen LogP contribution < -0.4 is 34.4 Å². The van der Waals surface area contributed by atoms with Crippen molar-refractivity contribution in [3.05, 3.63) is 94.0 Å². The van der Waals surface area contributed by atoms with Crippen LogP contribution in [-0.4, -0.2) is 57.8 Å². The number of nitrogens with zero attached hydrogens (tertiary/aromatic N) is 6. The first-order valence-electron chi connectivity index (χ1n) is 16.6. The largest absolute Gasteiger partial charge is 0.369 e. The summed E-state index contributed by atoms with van der Waals surface area (Å²) >= 11 is 12.0. The minimum atomic E-state index is -0.365. The summed E-state index contributed by atoms with van der Waals surface area (Å²) in [7, 11) is 0. The number of aliphatic imine (C=N–C) groups is 4. The summed E-state index contributed by atoms with van der Waals surface area (Å²) in [5, 5.41) is 1.21. The zero-order valence-corrected chi connectivity index (χ0v) is 31.0. The molecule has 0 heterocycles. The molecule has 3 aromatic rings. The number of guanidine groups is 4. The fourth-order valence-electron chi connectivity index (χ4n) is 4.60. The minimum Gasteiger partial charge on any atom is -0.369 e. The molecule has 50 heavy (non-hydrogen) atoms. The van der Waals surface area contributed by atoms with Gasteiger partial charge in [-0.2, -0.15) is 9.98 Å². The third kappa shape index (κ3) is 13.9. The Kier molecular flexibility index (Phi) is 14.9. The van der Waals surface area contributed by atoms with Gasteiger partial charge in [-0.25, -0.2) is 9.98 Å². The highest BCUT2D eigenvalue weighted by atomic mass is 35.5. The van der Waals surface area contributed by atoms with E-state index in [0.717, 1.165) is 24.0 Å². The second-order valence-electron chi connectivity index (χ2n) is 13.0. The van der Waals surface area contributed by atoms with Crippen LogP contribution in [0.15, 0.2) is 92.8 Å². The molecule has 0 radical (unpaired) electrons. The average Bonchev–Trinajstić information content (AvgIpc) is 3.07. The molecule has 2 atom stereocenters. The molecule has 12 N–H and O–H groups in total.